The molecule has 1 aromatic rings. The molecule has 1 heterocycles. The Morgan fingerprint density at radius 1 is 1.35 bits per heavy atom. The van der Waals surface area contributed by atoms with E-state index >= 15 is 0 Å². The predicted octanol–water partition coefficient (Wildman–Crippen LogP) is 2.32. The minimum absolute atomic E-state index is 0.311. The molecule has 1 aliphatic rings. The Labute approximate surface area is 125 Å². The van der Waals surface area contributed by atoms with Crippen LogP contribution in [0.3, 0.4) is 0 Å². The molecular formula is C14H19ClN2O2S. The summed E-state index contributed by atoms with van der Waals surface area (Å²) in [5, 5.41) is 3.48. The number of hydrogen-bond donors (Lipinski definition) is 1. The van der Waals surface area contributed by atoms with Crippen LogP contribution >= 0.6 is 11.6 Å². The summed E-state index contributed by atoms with van der Waals surface area (Å²) < 4.78 is 27.0. The van der Waals surface area contributed by atoms with Crippen LogP contribution in [0.25, 0.3) is 0 Å². The highest BCUT2D eigenvalue weighted by Gasteiger charge is 2.27. The molecule has 0 amide bonds. The van der Waals surface area contributed by atoms with Gasteiger partial charge in [-0.3, -0.25) is 0 Å². The Hall–Kier alpha value is -0.880. The maximum absolute atomic E-state index is 12.7. The molecule has 6 heteroatoms. The SMILES string of the molecule is CNCc1cc(Cl)cc(S(=O)(=O)N2CC=CCC2)c1C. The van der Waals surface area contributed by atoms with Crippen LogP contribution in [0.15, 0.2) is 29.2 Å². The average Bonchev–Trinajstić information content (AvgIpc) is 2.43. The lowest BCUT2D eigenvalue weighted by molar-refractivity contribution is 0.437. The zero-order chi connectivity index (χ0) is 14.8. The van der Waals surface area contributed by atoms with Gasteiger partial charge in [-0.2, -0.15) is 4.31 Å². The summed E-state index contributed by atoms with van der Waals surface area (Å²) in [7, 11) is -1.66. The van der Waals surface area contributed by atoms with E-state index in [9.17, 15) is 8.42 Å². The summed E-state index contributed by atoms with van der Waals surface area (Å²) in [6.07, 6.45) is 4.64. The third-order valence-electron chi connectivity index (χ3n) is 3.44. The molecule has 110 valence electrons. The standard InChI is InChI=1S/C14H19ClN2O2S/c1-11-12(10-16-2)8-13(15)9-14(11)20(18,19)17-6-4-3-5-7-17/h3-4,8-9,16H,5-7,10H2,1-2H3. The molecule has 0 saturated carbocycles. The molecule has 1 N–H and O–H groups in total. The van der Waals surface area contributed by atoms with E-state index in [1.54, 1.807) is 6.07 Å². The average molecular weight is 315 g/mol. The van der Waals surface area contributed by atoms with E-state index in [2.05, 4.69) is 5.32 Å². The lowest BCUT2D eigenvalue weighted by Gasteiger charge is -2.24. The van der Waals surface area contributed by atoms with E-state index in [0.29, 0.717) is 29.6 Å². The molecule has 0 atom stereocenters. The predicted molar refractivity (Wildman–Crippen MR) is 81.5 cm³/mol. The van der Waals surface area contributed by atoms with Crippen LogP contribution in [-0.2, 0) is 16.6 Å². The van der Waals surface area contributed by atoms with Crippen molar-refractivity contribution in [3.05, 3.63) is 40.4 Å². The molecule has 2 rings (SSSR count). The van der Waals surface area contributed by atoms with Gasteiger partial charge in [-0.1, -0.05) is 23.8 Å². The first kappa shape index (κ1) is 15.5. The minimum Gasteiger partial charge on any atom is -0.316 e. The second kappa shape index (κ2) is 6.26. The van der Waals surface area contributed by atoms with Crippen molar-refractivity contribution in [1.29, 1.82) is 0 Å². The van der Waals surface area contributed by atoms with E-state index in [0.717, 1.165) is 17.5 Å². The van der Waals surface area contributed by atoms with Crippen LogP contribution in [-0.4, -0.2) is 32.9 Å². The zero-order valence-corrected chi connectivity index (χ0v) is 13.3. The van der Waals surface area contributed by atoms with Gasteiger partial charge in [-0.15, -0.1) is 0 Å². The molecule has 0 bridgehead atoms. The fourth-order valence-electron chi connectivity index (χ4n) is 2.33. The fraction of sp³-hybridized carbons (Fsp3) is 0.429. The van der Waals surface area contributed by atoms with Crippen LogP contribution < -0.4 is 5.32 Å². The molecule has 0 spiro atoms. The summed E-state index contributed by atoms with van der Waals surface area (Å²) in [6.45, 7) is 3.37. The van der Waals surface area contributed by atoms with Crippen molar-refractivity contribution in [3.63, 3.8) is 0 Å². The van der Waals surface area contributed by atoms with Crippen molar-refractivity contribution >= 4 is 21.6 Å². The highest BCUT2D eigenvalue weighted by molar-refractivity contribution is 7.89. The maximum atomic E-state index is 12.7. The molecule has 0 saturated heterocycles. The van der Waals surface area contributed by atoms with Gasteiger partial charge in [0, 0.05) is 24.7 Å². The summed E-state index contributed by atoms with van der Waals surface area (Å²) in [5.41, 5.74) is 1.67. The van der Waals surface area contributed by atoms with Crippen molar-refractivity contribution in [2.45, 2.75) is 24.8 Å². The van der Waals surface area contributed by atoms with Gasteiger partial charge in [0.05, 0.1) is 4.90 Å². The first-order valence-electron chi connectivity index (χ1n) is 6.55. The molecule has 4 nitrogen and oxygen atoms in total. The van der Waals surface area contributed by atoms with E-state index in [4.69, 9.17) is 11.6 Å². The van der Waals surface area contributed by atoms with Crippen molar-refractivity contribution in [2.24, 2.45) is 0 Å². The van der Waals surface area contributed by atoms with Gasteiger partial charge in [0.2, 0.25) is 10.0 Å². The van der Waals surface area contributed by atoms with Crippen LogP contribution in [0, 0.1) is 6.92 Å². The smallest absolute Gasteiger partial charge is 0.243 e. The van der Waals surface area contributed by atoms with Crippen molar-refractivity contribution in [3.8, 4) is 0 Å². The van der Waals surface area contributed by atoms with Crippen molar-refractivity contribution in [1.82, 2.24) is 9.62 Å². The molecule has 0 unspecified atom stereocenters. The Morgan fingerprint density at radius 2 is 2.10 bits per heavy atom. The van der Waals surface area contributed by atoms with Gasteiger partial charge < -0.3 is 5.32 Å². The zero-order valence-electron chi connectivity index (χ0n) is 11.7. The van der Waals surface area contributed by atoms with E-state index in [1.807, 2.05) is 32.2 Å². The number of nitrogens with zero attached hydrogens (tertiary/aromatic N) is 1. The number of sulfonamides is 1. The summed E-state index contributed by atoms with van der Waals surface area (Å²) in [5.74, 6) is 0. The summed E-state index contributed by atoms with van der Waals surface area (Å²) in [4.78, 5) is 0.311. The number of nitrogens with one attached hydrogen (secondary N) is 1. The Bertz CT molecular complexity index is 626. The Kier molecular flexibility index (Phi) is 4.86. The Morgan fingerprint density at radius 3 is 2.70 bits per heavy atom. The van der Waals surface area contributed by atoms with Gasteiger partial charge in [-0.05, 0) is 43.7 Å². The lowest BCUT2D eigenvalue weighted by Crippen LogP contribution is -2.34. The van der Waals surface area contributed by atoms with E-state index < -0.39 is 10.0 Å². The number of hydrogen-bond acceptors (Lipinski definition) is 3. The van der Waals surface area contributed by atoms with Crippen LogP contribution in [0.5, 0.6) is 0 Å². The van der Waals surface area contributed by atoms with Gasteiger partial charge in [0.1, 0.15) is 0 Å². The van der Waals surface area contributed by atoms with E-state index in [-0.39, 0.29) is 0 Å². The van der Waals surface area contributed by atoms with Gasteiger partial charge in [0.25, 0.3) is 0 Å². The lowest BCUT2D eigenvalue weighted by atomic mass is 10.1. The number of halogens is 1. The van der Waals surface area contributed by atoms with Crippen molar-refractivity contribution < 1.29 is 8.42 Å². The first-order valence-corrected chi connectivity index (χ1v) is 8.37. The van der Waals surface area contributed by atoms with E-state index in [1.165, 1.54) is 4.31 Å². The fourth-order valence-corrected chi connectivity index (χ4v) is 4.33. The third kappa shape index (κ3) is 3.06. The highest BCUT2D eigenvalue weighted by atomic mass is 35.5. The quantitative estimate of drug-likeness (QED) is 0.868. The molecule has 0 radical (unpaired) electrons. The molecule has 1 aromatic carbocycles. The number of benzene rings is 1. The molecule has 0 aliphatic carbocycles. The van der Waals surface area contributed by atoms with Crippen LogP contribution in [0.1, 0.15) is 17.5 Å². The topological polar surface area (TPSA) is 49.4 Å². The maximum Gasteiger partial charge on any atom is 0.243 e. The Balaban J connectivity index is 2.48. The molecule has 20 heavy (non-hydrogen) atoms. The minimum atomic E-state index is -3.49. The second-order valence-electron chi connectivity index (χ2n) is 4.84. The van der Waals surface area contributed by atoms with Crippen LogP contribution in [0.2, 0.25) is 5.02 Å². The van der Waals surface area contributed by atoms with Crippen molar-refractivity contribution in [2.75, 3.05) is 20.1 Å². The summed E-state index contributed by atoms with van der Waals surface area (Å²) >= 11 is 6.08. The summed E-state index contributed by atoms with van der Waals surface area (Å²) in [6, 6.07) is 3.35. The highest BCUT2D eigenvalue weighted by Crippen LogP contribution is 2.27. The third-order valence-corrected chi connectivity index (χ3v) is 5.65. The van der Waals surface area contributed by atoms with Gasteiger partial charge in [-0.25, -0.2) is 8.42 Å². The second-order valence-corrected chi connectivity index (χ2v) is 7.18. The monoisotopic (exact) mass is 314 g/mol. The normalized spacial score (nSPS) is 16.6. The van der Waals surface area contributed by atoms with Gasteiger partial charge in [0.15, 0.2) is 0 Å². The number of rotatable bonds is 4. The first-order chi connectivity index (χ1) is 9.46. The van der Waals surface area contributed by atoms with Crippen LogP contribution in [0.4, 0.5) is 0 Å². The largest absolute Gasteiger partial charge is 0.316 e. The van der Waals surface area contributed by atoms with Gasteiger partial charge >= 0.3 is 0 Å². The molecule has 0 fully saturated rings. The molecule has 0 aromatic heterocycles. The molecule has 1 aliphatic heterocycles. The molecular weight excluding hydrogens is 296 g/mol.